The zero-order valence-electron chi connectivity index (χ0n) is 10.1. The highest BCUT2D eigenvalue weighted by Gasteiger charge is 2.59. The van der Waals surface area contributed by atoms with Crippen molar-refractivity contribution in [1.29, 1.82) is 0 Å². The lowest BCUT2D eigenvalue weighted by Gasteiger charge is -2.24. The lowest BCUT2D eigenvalue weighted by Crippen LogP contribution is -2.44. The highest BCUT2D eigenvalue weighted by atomic mass is 16.5. The molecule has 6 nitrogen and oxygen atoms in total. The number of amides is 1. The fraction of sp³-hybridized carbons (Fsp3) is 0.727. The van der Waals surface area contributed by atoms with Crippen LogP contribution in [0, 0.1) is 5.41 Å². The summed E-state index contributed by atoms with van der Waals surface area (Å²) in [7, 11) is 1.23. The van der Waals surface area contributed by atoms with Gasteiger partial charge in [-0.2, -0.15) is 0 Å². The van der Waals surface area contributed by atoms with Gasteiger partial charge in [-0.3, -0.25) is 14.4 Å². The maximum Gasteiger partial charge on any atom is 0.323 e. The smallest absolute Gasteiger partial charge is 0.323 e. The molecule has 96 valence electrons. The van der Waals surface area contributed by atoms with Gasteiger partial charge in [0, 0.05) is 6.54 Å². The van der Waals surface area contributed by atoms with Crippen LogP contribution in [0.1, 0.15) is 26.2 Å². The molecule has 0 aromatic rings. The van der Waals surface area contributed by atoms with E-state index in [1.807, 2.05) is 6.92 Å². The zero-order chi connectivity index (χ0) is 13.1. The van der Waals surface area contributed by atoms with Gasteiger partial charge in [-0.05, 0) is 19.3 Å². The number of carboxylic acid groups (broad SMARTS) is 1. The maximum atomic E-state index is 12.1. The number of aliphatic carboxylic acids is 1. The van der Waals surface area contributed by atoms with E-state index in [1.54, 1.807) is 0 Å². The number of carboxylic acids is 1. The summed E-state index contributed by atoms with van der Waals surface area (Å²) in [6.07, 6.45) is 1.53. The summed E-state index contributed by atoms with van der Waals surface area (Å²) in [6.45, 7) is 1.81. The monoisotopic (exact) mass is 243 g/mol. The Balaban J connectivity index is 2.77. The maximum absolute atomic E-state index is 12.1. The molecule has 1 rings (SSSR count). The summed E-state index contributed by atoms with van der Waals surface area (Å²) in [5.41, 5.74) is -1.11. The minimum Gasteiger partial charge on any atom is -0.480 e. The molecule has 1 fully saturated rings. The molecule has 0 bridgehead atoms. The third-order valence-electron chi connectivity index (χ3n) is 2.84. The second-order valence-corrected chi connectivity index (χ2v) is 4.19. The second-order valence-electron chi connectivity index (χ2n) is 4.19. The van der Waals surface area contributed by atoms with Crippen LogP contribution in [-0.2, 0) is 19.1 Å². The number of carbonyl (C=O) groups excluding carboxylic acids is 2. The Labute approximate surface area is 99.5 Å². The molecular weight excluding hydrogens is 226 g/mol. The average molecular weight is 243 g/mol. The predicted molar refractivity (Wildman–Crippen MR) is 58.2 cm³/mol. The van der Waals surface area contributed by atoms with Gasteiger partial charge in [0.1, 0.15) is 12.0 Å². The van der Waals surface area contributed by atoms with Crippen LogP contribution in [0.25, 0.3) is 0 Å². The zero-order valence-corrected chi connectivity index (χ0v) is 10.1. The predicted octanol–water partition coefficient (Wildman–Crippen LogP) is 0.263. The minimum atomic E-state index is -1.11. The highest BCUT2D eigenvalue weighted by molar-refractivity contribution is 6.06. The number of carbonyl (C=O) groups is 3. The fourth-order valence-electron chi connectivity index (χ4n) is 1.81. The van der Waals surface area contributed by atoms with E-state index in [4.69, 9.17) is 5.11 Å². The van der Waals surface area contributed by atoms with Crippen molar-refractivity contribution in [3.63, 3.8) is 0 Å². The van der Waals surface area contributed by atoms with Crippen molar-refractivity contribution in [2.24, 2.45) is 5.41 Å². The van der Waals surface area contributed by atoms with Crippen molar-refractivity contribution >= 4 is 17.8 Å². The summed E-state index contributed by atoms with van der Waals surface area (Å²) in [4.78, 5) is 35.5. The molecule has 1 amide bonds. The molecule has 1 saturated carbocycles. The van der Waals surface area contributed by atoms with Crippen molar-refractivity contribution in [3.05, 3.63) is 0 Å². The van der Waals surface area contributed by atoms with Gasteiger partial charge in [-0.25, -0.2) is 0 Å². The molecule has 17 heavy (non-hydrogen) atoms. The molecular formula is C11H17NO5. The van der Waals surface area contributed by atoms with Crippen LogP contribution in [0.2, 0.25) is 0 Å². The van der Waals surface area contributed by atoms with E-state index < -0.39 is 23.3 Å². The van der Waals surface area contributed by atoms with Crippen LogP contribution < -0.4 is 0 Å². The normalized spacial score (nSPS) is 16.1. The van der Waals surface area contributed by atoms with E-state index in [0.29, 0.717) is 25.8 Å². The lowest BCUT2D eigenvalue weighted by molar-refractivity contribution is -0.158. The molecule has 6 heteroatoms. The largest absolute Gasteiger partial charge is 0.480 e. The van der Waals surface area contributed by atoms with E-state index >= 15 is 0 Å². The first-order valence-electron chi connectivity index (χ1n) is 5.57. The molecule has 1 aliphatic carbocycles. The first kappa shape index (κ1) is 13.5. The summed E-state index contributed by atoms with van der Waals surface area (Å²) < 4.78 is 4.60. The van der Waals surface area contributed by atoms with E-state index in [9.17, 15) is 14.4 Å². The molecule has 0 radical (unpaired) electrons. The highest BCUT2D eigenvalue weighted by Crippen LogP contribution is 2.48. The third-order valence-corrected chi connectivity index (χ3v) is 2.84. The van der Waals surface area contributed by atoms with Crippen molar-refractivity contribution < 1.29 is 24.2 Å². The Morgan fingerprint density at radius 3 is 2.29 bits per heavy atom. The number of rotatable bonds is 6. The average Bonchev–Trinajstić information content (AvgIpc) is 3.07. The number of methoxy groups -OCH3 is 1. The summed E-state index contributed by atoms with van der Waals surface area (Å²) >= 11 is 0. The van der Waals surface area contributed by atoms with Crippen LogP contribution in [0.3, 0.4) is 0 Å². The number of ether oxygens (including phenoxy) is 1. The lowest BCUT2D eigenvalue weighted by atomic mass is 10.1. The van der Waals surface area contributed by atoms with Gasteiger partial charge in [0.25, 0.3) is 0 Å². The number of nitrogens with zero attached hydrogens (tertiary/aromatic N) is 1. The summed E-state index contributed by atoms with van der Waals surface area (Å²) in [5, 5.41) is 8.73. The number of hydrogen-bond donors (Lipinski definition) is 1. The Morgan fingerprint density at radius 2 is 1.94 bits per heavy atom. The quantitative estimate of drug-likeness (QED) is 0.534. The van der Waals surface area contributed by atoms with Crippen molar-refractivity contribution in [3.8, 4) is 0 Å². The van der Waals surface area contributed by atoms with Crippen molar-refractivity contribution in [1.82, 2.24) is 4.90 Å². The number of hydrogen-bond acceptors (Lipinski definition) is 4. The van der Waals surface area contributed by atoms with Gasteiger partial charge in [0.05, 0.1) is 7.11 Å². The Hall–Kier alpha value is -1.59. The van der Waals surface area contributed by atoms with Gasteiger partial charge < -0.3 is 14.7 Å². The molecule has 0 atom stereocenters. The topological polar surface area (TPSA) is 83.9 Å². The SMILES string of the molecule is CCCN(CC(=O)O)C(=O)C1(C(=O)OC)CC1. The van der Waals surface area contributed by atoms with Crippen LogP contribution in [0.4, 0.5) is 0 Å². The molecule has 0 spiro atoms. The van der Waals surface area contributed by atoms with E-state index in [1.165, 1.54) is 12.0 Å². The van der Waals surface area contributed by atoms with Crippen molar-refractivity contribution in [2.75, 3.05) is 20.2 Å². The molecule has 0 heterocycles. The number of esters is 1. The van der Waals surface area contributed by atoms with Crippen LogP contribution in [0.5, 0.6) is 0 Å². The summed E-state index contributed by atoms with van der Waals surface area (Å²) in [6, 6.07) is 0. The molecule has 1 N–H and O–H groups in total. The molecule has 0 aromatic heterocycles. The standard InChI is InChI=1S/C11H17NO5/c1-3-6-12(7-8(13)14)9(15)11(4-5-11)10(16)17-2/h3-7H2,1-2H3,(H,13,14). The molecule has 0 aliphatic heterocycles. The first-order chi connectivity index (χ1) is 7.97. The van der Waals surface area contributed by atoms with Gasteiger partial charge in [-0.15, -0.1) is 0 Å². The van der Waals surface area contributed by atoms with E-state index in [-0.39, 0.29) is 6.54 Å². The van der Waals surface area contributed by atoms with E-state index in [0.717, 1.165) is 0 Å². The molecule has 1 aliphatic rings. The Kier molecular flexibility index (Phi) is 4.09. The molecule has 0 aromatic carbocycles. The van der Waals surface area contributed by atoms with Crippen LogP contribution in [0.15, 0.2) is 0 Å². The third kappa shape index (κ3) is 2.75. The van der Waals surface area contributed by atoms with Gasteiger partial charge in [-0.1, -0.05) is 6.92 Å². The van der Waals surface area contributed by atoms with E-state index in [2.05, 4.69) is 4.74 Å². The summed E-state index contributed by atoms with van der Waals surface area (Å²) in [5.74, 6) is -2.06. The first-order valence-corrected chi connectivity index (χ1v) is 5.57. The Morgan fingerprint density at radius 1 is 1.35 bits per heavy atom. The van der Waals surface area contributed by atoms with Crippen molar-refractivity contribution in [2.45, 2.75) is 26.2 Å². The van der Waals surface area contributed by atoms with Gasteiger partial charge in [0.2, 0.25) is 5.91 Å². The minimum absolute atomic E-state index is 0.337. The molecule has 0 saturated heterocycles. The van der Waals surface area contributed by atoms with Crippen LogP contribution >= 0.6 is 0 Å². The van der Waals surface area contributed by atoms with Gasteiger partial charge >= 0.3 is 11.9 Å². The second kappa shape index (κ2) is 5.16. The van der Waals surface area contributed by atoms with Crippen LogP contribution in [-0.4, -0.2) is 48.1 Å². The van der Waals surface area contributed by atoms with Gasteiger partial charge in [0.15, 0.2) is 0 Å². The molecule has 0 unspecified atom stereocenters. The Bertz CT molecular complexity index is 335. The fourth-order valence-corrected chi connectivity index (χ4v) is 1.81.